The van der Waals surface area contributed by atoms with Crippen LogP contribution in [-0.4, -0.2) is 26.6 Å². The molecule has 16 heavy (non-hydrogen) atoms. The minimum Gasteiger partial charge on any atom is -0.215 e. The standard InChI is InChI=1S/C11H20ClNO2S/c12-6-10-2-1-3-11(10)7-13-16(14,15)8-9-4-5-9/h9-11,13H,1-8H2. The van der Waals surface area contributed by atoms with Crippen LogP contribution in [-0.2, 0) is 10.0 Å². The van der Waals surface area contributed by atoms with Crippen LogP contribution in [0.4, 0.5) is 0 Å². The number of hydrogen-bond donors (Lipinski definition) is 1. The summed E-state index contributed by atoms with van der Waals surface area (Å²) in [4.78, 5) is 0. The quantitative estimate of drug-likeness (QED) is 0.747. The van der Waals surface area contributed by atoms with E-state index in [1.165, 1.54) is 6.42 Å². The van der Waals surface area contributed by atoms with Gasteiger partial charge in [-0.1, -0.05) is 6.42 Å². The lowest BCUT2D eigenvalue weighted by Crippen LogP contribution is -2.33. The van der Waals surface area contributed by atoms with E-state index in [1.807, 2.05) is 0 Å². The molecule has 0 amide bonds. The molecule has 2 unspecified atom stereocenters. The highest BCUT2D eigenvalue weighted by Gasteiger charge is 2.30. The molecule has 5 heteroatoms. The zero-order chi connectivity index (χ0) is 11.6. The summed E-state index contributed by atoms with van der Waals surface area (Å²) < 4.78 is 26.1. The molecule has 94 valence electrons. The van der Waals surface area contributed by atoms with E-state index in [0.717, 1.165) is 25.7 Å². The summed E-state index contributed by atoms with van der Waals surface area (Å²) >= 11 is 5.87. The monoisotopic (exact) mass is 265 g/mol. The van der Waals surface area contributed by atoms with Crippen LogP contribution in [0.25, 0.3) is 0 Å². The molecule has 0 aromatic rings. The minimum atomic E-state index is -3.03. The van der Waals surface area contributed by atoms with Gasteiger partial charge in [-0.25, -0.2) is 13.1 Å². The molecule has 0 aliphatic heterocycles. The first kappa shape index (κ1) is 12.7. The van der Waals surface area contributed by atoms with Gasteiger partial charge in [0.2, 0.25) is 10.0 Å². The number of nitrogens with one attached hydrogen (secondary N) is 1. The van der Waals surface area contributed by atoms with E-state index in [1.54, 1.807) is 0 Å². The van der Waals surface area contributed by atoms with Crippen molar-refractivity contribution in [3.8, 4) is 0 Å². The number of sulfonamides is 1. The van der Waals surface area contributed by atoms with Crippen LogP contribution in [0.15, 0.2) is 0 Å². The lowest BCUT2D eigenvalue weighted by molar-refractivity contribution is 0.418. The SMILES string of the molecule is O=S(=O)(CC1CC1)NCC1CCCC1CCl. The Balaban J connectivity index is 1.77. The van der Waals surface area contributed by atoms with Gasteiger partial charge in [0.05, 0.1) is 5.75 Å². The average Bonchev–Trinajstić information content (AvgIpc) is 2.91. The molecule has 0 radical (unpaired) electrons. The zero-order valence-corrected chi connectivity index (χ0v) is 11.1. The largest absolute Gasteiger partial charge is 0.215 e. The van der Waals surface area contributed by atoms with Crippen molar-refractivity contribution in [3.05, 3.63) is 0 Å². The van der Waals surface area contributed by atoms with Crippen LogP contribution in [0.5, 0.6) is 0 Å². The zero-order valence-electron chi connectivity index (χ0n) is 9.49. The van der Waals surface area contributed by atoms with Gasteiger partial charge in [-0.3, -0.25) is 0 Å². The maximum atomic E-state index is 11.7. The first-order valence-electron chi connectivity index (χ1n) is 6.14. The van der Waals surface area contributed by atoms with Crippen LogP contribution in [0, 0.1) is 17.8 Å². The summed E-state index contributed by atoms with van der Waals surface area (Å²) in [5.74, 6) is 2.36. The predicted octanol–water partition coefficient (Wildman–Crippen LogP) is 1.97. The van der Waals surface area contributed by atoms with E-state index in [4.69, 9.17) is 11.6 Å². The van der Waals surface area contributed by atoms with E-state index in [9.17, 15) is 8.42 Å². The Bertz CT molecular complexity index is 327. The fourth-order valence-electron chi connectivity index (χ4n) is 2.47. The molecule has 2 aliphatic rings. The summed E-state index contributed by atoms with van der Waals surface area (Å²) in [6, 6.07) is 0. The number of halogens is 1. The highest BCUT2D eigenvalue weighted by atomic mass is 35.5. The van der Waals surface area contributed by atoms with E-state index in [-0.39, 0.29) is 0 Å². The van der Waals surface area contributed by atoms with Crippen molar-refractivity contribution >= 4 is 21.6 Å². The van der Waals surface area contributed by atoms with E-state index >= 15 is 0 Å². The van der Waals surface area contributed by atoms with E-state index < -0.39 is 10.0 Å². The minimum absolute atomic E-state index is 0.325. The molecule has 0 bridgehead atoms. The lowest BCUT2D eigenvalue weighted by atomic mass is 9.98. The van der Waals surface area contributed by atoms with Crippen LogP contribution in [0.3, 0.4) is 0 Å². The first-order chi connectivity index (χ1) is 7.61. The second kappa shape index (κ2) is 5.23. The van der Waals surface area contributed by atoms with Gasteiger partial charge in [-0.15, -0.1) is 11.6 Å². The second-order valence-corrected chi connectivity index (χ2v) is 7.34. The number of rotatable bonds is 6. The molecular weight excluding hydrogens is 246 g/mol. The van der Waals surface area contributed by atoms with Gasteiger partial charge in [-0.05, 0) is 43.4 Å². The lowest BCUT2D eigenvalue weighted by Gasteiger charge is -2.17. The molecule has 0 heterocycles. The van der Waals surface area contributed by atoms with Crippen molar-refractivity contribution in [3.63, 3.8) is 0 Å². The molecule has 2 aliphatic carbocycles. The Morgan fingerprint density at radius 3 is 2.44 bits per heavy atom. The molecule has 0 aromatic heterocycles. The molecule has 0 aromatic carbocycles. The smallest absolute Gasteiger partial charge is 0.211 e. The van der Waals surface area contributed by atoms with Gasteiger partial charge in [0, 0.05) is 12.4 Å². The summed E-state index contributed by atoms with van der Waals surface area (Å²) in [7, 11) is -3.03. The van der Waals surface area contributed by atoms with Crippen LogP contribution in [0.1, 0.15) is 32.1 Å². The second-order valence-electron chi connectivity index (χ2n) is 5.18. The highest BCUT2D eigenvalue weighted by molar-refractivity contribution is 7.89. The molecule has 2 atom stereocenters. The third-order valence-corrected chi connectivity index (χ3v) is 5.65. The van der Waals surface area contributed by atoms with Crippen molar-refractivity contribution in [1.82, 2.24) is 4.72 Å². The van der Waals surface area contributed by atoms with Gasteiger partial charge in [0.15, 0.2) is 0 Å². The molecular formula is C11H20ClNO2S. The number of alkyl halides is 1. The Kier molecular flexibility index (Phi) is 4.14. The van der Waals surface area contributed by atoms with E-state index in [0.29, 0.717) is 35.9 Å². The Hall–Kier alpha value is 0.200. The number of hydrogen-bond acceptors (Lipinski definition) is 2. The maximum Gasteiger partial charge on any atom is 0.211 e. The Labute approximate surface area is 103 Å². The van der Waals surface area contributed by atoms with Crippen molar-refractivity contribution < 1.29 is 8.42 Å². The summed E-state index contributed by atoms with van der Waals surface area (Å²) in [6.45, 7) is 0.590. The van der Waals surface area contributed by atoms with Gasteiger partial charge < -0.3 is 0 Å². The summed E-state index contributed by atoms with van der Waals surface area (Å²) in [5, 5.41) is 0. The third-order valence-electron chi connectivity index (χ3n) is 3.73. The molecule has 3 nitrogen and oxygen atoms in total. The Morgan fingerprint density at radius 2 is 1.81 bits per heavy atom. The average molecular weight is 266 g/mol. The van der Waals surface area contributed by atoms with Crippen LogP contribution < -0.4 is 4.72 Å². The van der Waals surface area contributed by atoms with Crippen LogP contribution in [0.2, 0.25) is 0 Å². The van der Waals surface area contributed by atoms with Crippen molar-refractivity contribution in [2.45, 2.75) is 32.1 Å². The van der Waals surface area contributed by atoms with Crippen LogP contribution >= 0.6 is 11.6 Å². The molecule has 0 spiro atoms. The van der Waals surface area contributed by atoms with Crippen molar-refractivity contribution in [2.75, 3.05) is 18.2 Å². The molecule has 2 rings (SSSR count). The summed E-state index contributed by atoms with van der Waals surface area (Å²) in [5.41, 5.74) is 0. The third kappa shape index (κ3) is 3.60. The van der Waals surface area contributed by atoms with E-state index in [2.05, 4.69) is 4.72 Å². The molecule has 0 saturated heterocycles. The predicted molar refractivity (Wildman–Crippen MR) is 66.1 cm³/mol. The molecule has 2 saturated carbocycles. The topological polar surface area (TPSA) is 46.2 Å². The fraction of sp³-hybridized carbons (Fsp3) is 1.00. The molecule has 2 fully saturated rings. The Morgan fingerprint density at radius 1 is 1.12 bits per heavy atom. The van der Waals surface area contributed by atoms with Gasteiger partial charge in [0.25, 0.3) is 0 Å². The maximum absolute atomic E-state index is 11.7. The molecule has 1 N–H and O–H groups in total. The van der Waals surface area contributed by atoms with Gasteiger partial charge >= 0.3 is 0 Å². The van der Waals surface area contributed by atoms with Crippen molar-refractivity contribution in [1.29, 1.82) is 0 Å². The fourth-order valence-corrected chi connectivity index (χ4v) is 4.42. The van der Waals surface area contributed by atoms with Crippen molar-refractivity contribution in [2.24, 2.45) is 17.8 Å². The normalized spacial score (nSPS) is 30.8. The highest BCUT2D eigenvalue weighted by Crippen LogP contribution is 2.33. The first-order valence-corrected chi connectivity index (χ1v) is 8.32. The van der Waals surface area contributed by atoms with Gasteiger partial charge in [0.1, 0.15) is 0 Å². The van der Waals surface area contributed by atoms with Gasteiger partial charge in [-0.2, -0.15) is 0 Å². The summed E-state index contributed by atoms with van der Waals surface area (Å²) in [6.07, 6.45) is 5.61.